The molecule has 2 atom stereocenters. The first kappa shape index (κ1) is 24.9. The number of hydrogen-bond acceptors (Lipinski definition) is 5. The van der Waals surface area contributed by atoms with Gasteiger partial charge in [-0.2, -0.15) is 4.72 Å². The predicted molar refractivity (Wildman–Crippen MR) is 118 cm³/mol. The van der Waals surface area contributed by atoms with Crippen LogP contribution < -0.4 is 14.8 Å². The van der Waals surface area contributed by atoms with Crippen LogP contribution in [0.1, 0.15) is 29.8 Å². The van der Waals surface area contributed by atoms with Crippen molar-refractivity contribution in [2.24, 2.45) is 0 Å². The van der Waals surface area contributed by atoms with Crippen LogP contribution in [0.5, 0.6) is 5.75 Å². The Morgan fingerprint density at radius 3 is 2.19 bits per heavy atom. The molecule has 3 N–H and O–H groups in total. The molecule has 11 heteroatoms. The molecule has 31 heavy (non-hydrogen) atoms. The van der Waals surface area contributed by atoms with Crippen LogP contribution in [0.3, 0.4) is 0 Å². The Hall–Kier alpha value is -2.33. The van der Waals surface area contributed by atoms with E-state index in [0.29, 0.717) is 11.3 Å². The van der Waals surface area contributed by atoms with Crippen molar-refractivity contribution in [1.29, 1.82) is 0 Å². The lowest BCUT2D eigenvalue weighted by Crippen LogP contribution is -2.42. The third-order valence-electron chi connectivity index (χ3n) is 4.19. The zero-order valence-corrected chi connectivity index (χ0v) is 19.1. The second kappa shape index (κ2) is 10.8. The maximum atomic E-state index is 12.5. The minimum absolute atomic E-state index is 0.00143. The van der Waals surface area contributed by atoms with Gasteiger partial charge in [0.05, 0.1) is 21.4 Å². The number of halogens is 2. The summed E-state index contributed by atoms with van der Waals surface area (Å²) >= 11 is 12.0. The molecular formula is C20H22Cl2N2O6S. The quantitative estimate of drug-likeness (QED) is 0.441. The van der Waals surface area contributed by atoms with Crippen molar-refractivity contribution in [3.63, 3.8) is 0 Å². The van der Waals surface area contributed by atoms with Crippen LogP contribution in [-0.4, -0.2) is 43.4 Å². The fourth-order valence-corrected chi connectivity index (χ4v) is 3.94. The van der Waals surface area contributed by atoms with E-state index in [2.05, 4.69) is 10.0 Å². The fraction of sp³-hybridized carbons (Fsp3) is 0.300. The molecule has 2 aromatic carbocycles. The molecule has 0 spiro atoms. The van der Waals surface area contributed by atoms with Crippen molar-refractivity contribution >= 4 is 45.1 Å². The van der Waals surface area contributed by atoms with Crippen LogP contribution in [0.25, 0.3) is 0 Å². The van der Waals surface area contributed by atoms with Crippen LogP contribution in [0.2, 0.25) is 10.0 Å². The summed E-state index contributed by atoms with van der Waals surface area (Å²) in [6.07, 6.45) is -0.774. The lowest BCUT2D eigenvalue weighted by atomic mass is 10.1. The van der Waals surface area contributed by atoms with Gasteiger partial charge in [0, 0.05) is 6.42 Å². The maximum absolute atomic E-state index is 12.5. The van der Waals surface area contributed by atoms with E-state index in [4.69, 9.17) is 27.9 Å². The van der Waals surface area contributed by atoms with Crippen molar-refractivity contribution in [2.45, 2.75) is 32.5 Å². The molecule has 8 nitrogen and oxygen atoms in total. The third-order valence-corrected chi connectivity index (χ3v) is 6.28. The molecule has 0 radical (unpaired) electrons. The normalized spacial score (nSPS) is 13.3. The molecule has 0 aromatic heterocycles. The topological polar surface area (TPSA) is 122 Å². The number of carbonyl (C=O) groups is 2. The van der Waals surface area contributed by atoms with E-state index < -0.39 is 34.2 Å². The average Bonchev–Trinajstić information content (AvgIpc) is 2.68. The fourth-order valence-electron chi connectivity index (χ4n) is 2.65. The molecule has 0 aliphatic carbocycles. The van der Waals surface area contributed by atoms with Gasteiger partial charge in [0.2, 0.25) is 10.0 Å². The molecule has 0 heterocycles. The Bertz CT molecular complexity index is 1020. The summed E-state index contributed by atoms with van der Waals surface area (Å²) in [5, 5.41) is 12.2. The monoisotopic (exact) mass is 488 g/mol. The Labute approximate surface area is 190 Å². The SMILES string of the molecule is CCS(=O)(=O)NC(C)Oc1ccc(CC(NC(=O)c2c(Cl)cccc2Cl)C(=O)O)cc1. The van der Waals surface area contributed by atoms with E-state index in [1.54, 1.807) is 37.3 Å². The van der Waals surface area contributed by atoms with Gasteiger partial charge >= 0.3 is 5.97 Å². The second-order valence-electron chi connectivity index (χ2n) is 6.59. The molecule has 0 aliphatic rings. The number of carboxylic acid groups (broad SMARTS) is 1. The van der Waals surface area contributed by atoms with Crippen molar-refractivity contribution in [3.8, 4) is 5.75 Å². The van der Waals surface area contributed by atoms with Gasteiger partial charge in [-0.25, -0.2) is 13.2 Å². The largest absolute Gasteiger partial charge is 0.480 e. The van der Waals surface area contributed by atoms with Gasteiger partial charge < -0.3 is 15.2 Å². The summed E-state index contributed by atoms with van der Waals surface area (Å²) in [5.41, 5.74) is 0.622. The zero-order chi connectivity index (χ0) is 23.2. The van der Waals surface area contributed by atoms with Crippen LogP contribution in [0, 0.1) is 0 Å². The molecule has 0 bridgehead atoms. The number of rotatable bonds is 10. The number of carboxylic acids is 1. The molecule has 0 fully saturated rings. The first-order chi connectivity index (χ1) is 14.5. The molecule has 2 unspecified atom stereocenters. The van der Waals surface area contributed by atoms with E-state index in [0.717, 1.165) is 0 Å². The van der Waals surface area contributed by atoms with Crippen LogP contribution in [0.4, 0.5) is 0 Å². The second-order valence-corrected chi connectivity index (χ2v) is 9.45. The highest BCUT2D eigenvalue weighted by atomic mass is 35.5. The number of amides is 1. The lowest BCUT2D eigenvalue weighted by molar-refractivity contribution is -0.139. The number of ether oxygens (including phenoxy) is 1. The molecule has 168 valence electrons. The van der Waals surface area contributed by atoms with E-state index in [9.17, 15) is 23.1 Å². The highest BCUT2D eigenvalue weighted by Crippen LogP contribution is 2.24. The van der Waals surface area contributed by atoms with Gasteiger partial charge in [0.1, 0.15) is 11.8 Å². The molecule has 0 saturated carbocycles. The van der Waals surface area contributed by atoms with Gasteiger partial charge in [0.15, 0.2) is 6.23 Å². The summed E-state index contributed by atoms with van der Waals surface area (Å²) in [4.78, 5) is 24.1. The minimum Gasteiger partial charge on any atom is -0.480 e. The molecule has 2 aromatic rings. The van der Waals surface area contributed by atoms with E-state index in [-0.39, 0.29) is 27.8 Å². The van der Waals surface area contributed by atoms with Gasteiger partial charge in [-0.3, -0.25) is 4.79 Å². The molecule has 1 amide bonds. The summed E-state index contributed by atoms with van der Waals surface area (Å²) in [7, 11) is -3.41. The first-order valence-electron chi connectivity index (χ1n) is 9.25. The minimum atomic E-state index is -3.41. The highest BCUT2D eigenvalue weighted by molar-refractivity contribution is 7.89. The molecule has 0 aliphatic heterocycles. The summed E-state index contributed by atoms with van der Waals surface area (Å²) in [6.45, 7) is 3.07. The van der Waals surface area contributed by atoms with Crippen molar-refractivity contribution in [3.05, 3.63) is 63.6 Å². The van der Waals surface area contributed by atoms with Gasteiger partial charge in [-0.1, -0.05) is 41.4 Å². The Kier molecular flexibility index (Phi) is 8.69. The Balaban J connectivity index is 2.05. The number of sulfonamides is 1. The first-order valence-corrected chi connectivity index (χ1v) is 11.7. The predicted octanol–water partition coefficient (Wildman–Crippen LogP) is 3.08. The average molecular weight is 489 g/mol. The number of benzene rings is 2. The van der Waals surface area contributed by atoms with Crippen LogP contribution >= 0.6 is 23.2 Å². The van der Waals surface area contributed by atoms with Gasteiger partial charge in [0.25, 0.3) is 5.91 Å². The molecule has 2 rings (SSSR count). The zero-order valence-electron chi connectivity index (χ0n) is 16.8. The maximum Gasteiger partial charge on any atom is 0.326 e. The van der Waals surface area contributed by atoms with Crippen LogP contribution in [0.15, 0.2) is 42.5 Å². The van der Waals surface area contributed by atoms with Crippen molar-refractivity contribution < 1.29 is 27.9 Å². The number of carbonyl (C=O) groups excluding carboxylic acids is 1. The smallest absolute Gasteiger partial charge is 0.326 e. The number of aliphatic carboxylic acids is 1. The van der Waals surface area contributed by atoms with E-state index >= 15 is 0 Å². The van der Waals surface area contributed by atoms with Crippen molar-refractivity contribution in [2.75, 3.05) is 5.75 Å². The third kappa shape index (κ3) is 7.39. The van der Waals surface area contributed by atoms with E-state index in [1.807, 2.05) is 0 Å². The highest BCUT2D eigenvalue weighted by Gasteiger charge is 2.24. The van der Waals surface area contributed by atoms with Gasteiger partial charge in [-0.15, -0.1) is 0 Å². The van der Waals surface area contributed by atoms with E-state index in [1.165, 1.54) is 19.1 Å². The molecule has 0 saturated heterocycles. The summed E-state index contributed by atoms with van der Waals surface area (Å²) < 4.78 is 31.0. The summed E-state index contributed by atoms with van der Waals surface area (Å²) in [6, 6.07) is 9.74. The lowest BCUT2D eigenvalue weighted by Gasteiger charge is -2.17. The van der Waals surface area contributed by atoms with Crippen molar-refractivity contribution in [1.82, 2.24) is 10.0 Å². The standard InChI is InChI=1S/C20H22Cl2N2O6S/c1-3-31(28,29)24-12(2)30-14-9-7-13(8-10-14)11-17(20(26)27)23-19(25)18-15(21)5-4-6-16(18)22/h4-10,12,17,24H,3,11H2,1-2H3,(H,23,25)(H,26,27). The van der Waals surface area contributed by atoms with Crippen LogP contribution in [-0.2, 0) is 21.2 Å². The Morgan fingerprint density at radius 2 is 1.68 bits per heavy atom. The molecular weight excluding hydrogens is 467 g/mol. The number of nitrogens with one attached hydrogen (secondary N) is 2. The summed E-state index contributed by atoms with van der Waals surface area (Å²) in [5.74, 6) is -1.59. The number of hydrogen-bond donors (Lipinski definition) is 3. The Morgan fingerprint density at radius 1 is 1.10 bits per heavy atom. The van der Waals surface area contributed by atoms with Gasteiger partial charge in [-0.05, 0) is 43.7 Å².